The van der Waals surface area contributed by atoms with Gasteiger partial charge in [0.25, 0.3) is 5.69 Å². The van der Waals surface area contributed by atoms with E-state index in [4.69, 9.17) is 34.8 Å². The van der Waals surface area contributed by atoms with Gasteiger partial charge in [-0.3, -0.25) is 10.1 Å². The molecule has 2 aromatic carbocycles. The molecule has 186 valence electrons. The Labute approximate surface area is 220 Å². The van der Waals surface area contributed by atoms with Gasteiger partial charge in [-0.1, -0.05) is 34.8 Å². The molecule has 0 saturated heterocycles. The lowest BCUT2D eigenvalue weighted by molar-refractivity contribution is -0.896. The number of hydrogen-bond acceptors (Lipinski definition) is 5. The van der Waals surface area contributed by atoms with Gasteiger partial charge in [0, 0.05) is 34.1 Å². The number of aromatic nitrogens is 2. The smallest absolute Gasteiger partial charge is 0.270 e. The van der Waals surface area contributed by atoms with Gasteiger partial charge < -0.3 is 10.2 Å². The van der Waals surface area contributed by atoms with Gasteiger partial charge in [0.15, 0.2) is 5.82 Å². The topological polar surface area (TPSA) is 85.4 Å². The predicted octanol–water partition coefficient (Wildman–Crippen LogP) is 6.17. The van der Waals surface area contributed by atoms with Crippen LogP contribution in [0.5, 0.6) is 0 Å². The second-order valence-corrected chi connectivity index (χ2v) is 9.65. The third-order valence-corrected chi connectivity index (χ3v) is 6.74. The fourth-order valence-electron chi connectivity index (χ4n) is 3.87. The number of hydrogen-bond donors (Lipinski definition) is 2. The largest absolute Gasteiger partial charge is 0.367 e. The molecule has 1 aromatic heterocycles. The molecule has 0 saturated carbocycles. The van der Waals surface area contributed by atoms with Crippen LogP contribution >= 0.6 is 34.8 Å². The number of benzene rings is 2. The van der Waals surface area contributed by atoms with Crippen LogP contribution in [0.2, 0.25) is 15.1 Å². The van der Waals surface area contributed by atoms with Crippen LogP contribution in [0.3, 0.4) is 0 Å². The molecule has 1 atom stereocenters. The van der Waals surface area contributed by atoms with Crippen molar-refractivity contribution in [3.63, 3.8) is 0 Å². The molecule has 0 aliphatic rings. The molecule has 2 N–H and O–H groups in total. The van der Waals surface area contributed by atoms with Crippen molar-refractivity contribution in [3.05, 3.63) is 66.9 Å². The van der Waals surface area contributed by atoms with Gasteiger partial charge >= 0.3 is 0 Å². The first-order valence-electron chi connectivity index (χ1n) is 11.6. The SMILES string of the molecule is CC[NH+](CC)CCCC(C)Nc1nc(C=Cc2c(Cl)cc(Cl)cc2Cl)nc2ccc([N+](=O)[O-])cc12. The fraction of sp³-hybridized carbons (Fsp3) is 0.360. The van der Waals surface area contributed by atoms with E-state index in [1.165, 1.54) is 12.1 Å². The molecule has 0 radical (unpaired) electrons. The zero-order valence-corrected chi connectivity index (χ0v) is 22.2. The zero-order valence-electron chi connectivity index (χ0n) is 19.9. The Balaban J connectivity index is 1.92. The lowest BCUT2D eigenvalue weighted by atomic mass is 10.1. The number of quaternary nitrogens is 1. The van der Waals surface area contributed by atoms with Gasteiger partial charge in [0.2, 0.25) is 0 Å². The number of anilines is 1. The fourth-order valence-corrected chi connectivity index (χ4v) is 4.81. The van der Waals surface area contributed by atoms with Crippen LogP contribution in [0.4, 0.5) is 11.5 Å². The molecule has 0 fully saturated rings. The monoisotopic (exact) mass is 536 g/mol. The summed E-state index contributed by atoms with van der Waals surface area (Å²) in [6, 6.07) is 7.93. The molecule has 1 unspecified atom stereocenters. The molecule has 0 aliphatic heterocycles. The number of nitrogens with one attached hydrogen (secondary N) is 2. The second kappa shape index (κ2) is 12.5. The minimum atomic E-state index is -0.419. The Hall–Kier alpha value is -2.45. The second-order valence-electron chi connectivity index (χ2n) is 8.40. The van der Waals surface area contributed by atoms with Crippen molar-refractivity contribution in [2.45, 2.75) is 39.7 Å². The summed E-state index contributed by atoms with van der Waals surface area (Å²) in [6.07, 6.45) is 5.45. The highest BCUT2D eigenvalue weighted by molar-refractivity contribution is 6.40. The van der Waals surface area contributed by atoms with Crippen LogP contribution < -0.4 is 10.2 Å². The molecule has 3 aromatic rings. The molecule has 0 amide bonds. The van der Waals surface area contributed by atoms with Gasteiger partial charge in [0.1, 0.15) is 5.82 Å². The van der Waals surface area contributed by atoms with E-state index in [1.54, 1.807) is 35.3 Å². The summed E-state index contributed by atoms with van der Waals surface area (Å²) < 4.78 is 0. The Morgan fingerprint density at radius 2 is 1.77 bits per heavy atom. The van der Waals surface area contributed by atoms with Gasteiger partial charge in [-0.25, -0.2) is 9.97 Å². The summed E-state index contributed by atoms with van der Waals surface area (Å²) in [5.41, 5.74) is 1.19. The molecule has 1 heterocycles. The Bertz CT molecular complexity index is 1210. The first-order valence-corrected chi connectivity index (χ1v) is 12.7. The number of nitro benzene ring substituents is 1. The van der Waals surface area contributed by atoms with E-state index in [9.17, 15) is 10.1 Å². The van der Waals surface area contributed by atoms with Gasteiger partial charge in [-0.15, -0.1) is 0 Å². The van der Waals surface area contributed by atoms with Crippen LogP contribution in [0.25, 0.3) is 23.1 Å². The minimum Gasteiger partial charge on any atom is -0.367 e. The number of non-ortho nitro benzene ring substituents is 1. The summed E-state index contributed by atoms with van der Waals surface area (Å²) in [5.74, 6) is 0.977. The van der Waals surface area contributed by atoms with Crippen molar-refractivity contribution in [3.8, 4) is 0 Å². The van der Waals surface area contributed by atoms with Crippen molar-refractivity contribution in [2.75, 3.05) is 25.0 Å². The summed E-state index contributed by atoms with van der Waals surface area (Å²) >= 11 is 18.6. The number of rotatable bonds is 11. The lowest BCUT2D eigenvalue weighted by Crippen LogP contribution is -3.11. The van der Waals surface area contributed by atoms with Crippen molar-refractivity contribution >= 4 is 69.4 Å². The molecule has 35 heavy (non-hydrogen) atoms. The first kappa shape index (κ1) is 27.1. The molecule has 0 bridgehead atoms. The summed E-state index contributed by atoms with van der Waals surface area (Å²) in [5, 5.41) is 16.7. The van der Waals surface area contributed by atoms with E-state index in [0.29, 0.717) is 43.2 Å². The highest BCUT2D eigenvalue weighted by Crippen LogP contribution is 2.31. The van der Waals surface area contributed by atoms with E-state index >= 15 is 0 Å². The molecule has 0 spiro atoms. The highest BCUT2D eigenvalue weighted by atomic mass is 35.5. The number of nitrogens with zero attached hydrogens (tertiary/aromatic N) is 3. The zero-order chi connectivity index (χ0) is 25.5. The average Bonchev–Trinajstić information content (AvgIpc) is 2.81. The number of nitro groups is 1. The maximum Gasteiger partial charge on any atom is 0.270 e. The van der Waals surface area contributed by atoms with E-state index in [1.807, 2.05) is 0 Å². The molecular formula is C25H29Cl3N5O2+. The normalized spacial score (nSPS) is 12.5. The Morgan fingerprint density at radius 1 is 1.09 bits per heavy atom. The Morgan fingerprint density at radius 3 is 2.40 bits per heavy atom. The summed E-state index contributed by atoms with van der Waals surface area (Å²) in [7, 11) is 0. The van der Waals surface area contributed by atoms with Crippen molar-refractivity contribution < 1.29 is 9.82 Å². The number of halogens is 3. The van der Waals surface area contributed by atoms with E-state index < -0.39 is 4.92 Å². The maximum absolute atomic E-state index is 11.4. The van der Waals surface area contributed by atoms with Gasteiger partial charge in [-0.2, -0.15) is 0 Å². The predicted molar refractivity (Wildman–Crippen MR) is 146 cm³/mol. The van der Waals surface area contributed by atoms with Crippen LogP contribution in [0.15, 0.2) is 30.3 Å². The van der Waals surface area contributed by atoms with Crippen LogP contribution in [0.1, 0.15) is 45.0 Å². The highest BCUT2D eigenvalue weighted by Gasteiger charge is 2.15. The van der Waals surface area contributed by atoms with Crippen molar-refractivity contribution in [2.24, 2.45) is 0 Å². The standard InChI is InChI=1S/C25H28Cl3N5O2/c1-4-32(5-2)12-6-7-16(3)29-25-20-15-18(33(34)35)8-10-23(20)30-24(31-25)11-9-19-21(27)13-17(26)14-22(19)28/h8-11,13-16H,4-7,12H2,1-3H3,(H,29,30,31)/p+1. The van der Waals surface area contributed by atoms with Gasteiger partial charge in [-0.05, 0) is 64.0 Å². The van der Waals surface area contributed by atoms with Crippen molar-refractivity contribution in [1.29, 1.82) is 0 Å². The number of fused-ring (bicyclic) bond motifs is 1. The maximum atomic E-state index is 11.4. The Kier molecular flexibility index (Phi) is 9.69. The lowest BCUT2D eigenvalue weighted by Gasteiger charge is -2.19. The average molecular weight is 538 g/mol. The molecule has 3 rings (SSSR count). The molecule has 7 nitrogen and oxygen atoms in total. The van der Waals surface area contributed by atoms with Crippen LogP contribution in [0, 0.1) is 10.1 Å². The van der Waals surface area contributed by atoms with Crippen LogP contribution in [-0.4, -0.2) is 40.6 Å². The minimum absolute atomic E-state index is 0.00930. The van der Waals surface area contributed by atoms with Crippen LogP contribution in [-0.2, 0) is 0 Å². The molecule has 0 aliphatic carbocycles. The third-order valence-electron chi connectivity index (χ3n) is 5.90. The summed E-state index contributed by atoms with van der Waals surface area (Å²) in [6.45, 7) is 9.79. The summed E-state index contributed by atoms with van der Waals surface area (Å²) in [4.78, 5) is 21.7. The molecular weight excluding hydrogens is 509 g/mol. The quantitative estimate of drug-likeness (QED) is 0.225. The van der Waals surface area contributed by atoms with Gasteiger partial charge in [0.05, 0.1) is 40.1 Å². The van der Waals surface area contributed by atoms with Crippen molar-refractivity contribution in [1.82, 2.24) is 9.97 Å². The van der Waals surface area contributed by atoms with E-state index in [0.717, 1.165) is 32.5 Å². The third kappa shape index (κ3) is 7.27. The first-order chi connectivity index (χ1) is 16.7. The van der Waals surface area contributed by atoms with E-state index in [2.05, 4.69) is 36.1 Å². The molecule has 10 heteroatoms. The van der Waals surface area contributed by atoms with E-state index in [-0.39, 0.29) is 11.7 Å².